The molecule has 0 spiro atoms. The van der Waals surface area contributed by atoms with Gasteiger partial charge in [0, 0.05) is 12.1 Å². The highest BCUT2D eigenvalue weighted by molar-refractivity contribution is 5.54. The second kappa shape index (κ2) is 9.94. The van der Waals surface area contributed by atoms with Crippen LogP contribution >= 0.6 is 0 Å². The van der Waals surface area contributed by atoms with Crippen LogP contribution in [0.4, 0.5) is 20.5 Å². The zero-order valence-corrected chi connectivity index (χ0v) is 15.8. The molecular formula is C19H27F2N5O2. The number of ether oxygens (including phenoxy) is 1. The topological polar surface area (TPSA) is 103 Å². The van der Waals surface area contributed by atoms with Crippen LogP contribution in [-0.4, -0.2) is 46.0 Å². The first-order valence-corrected chi connectivity index (χ1v) is 9.95. The van der Waals surface area contributed by atoms with Crippen molar-refractivity contribution in [3.8, 4) is 6.07 Å². The number of alkyl halides is 2. The van der Waals surface area contributed by atoms with Crippen molar-refractivity contribution < 1.29 is 18.6 Å². The summed E-state index contributed by atoms with van der Waals surface area (Å²) in [4.78, 5) is 8.68. The summed E-state index contributed by atoms with van der Waals surface area (Å²) in [5.74, 6) is 0.878. The Morgan fingerprint density at radius 3 is 2.57 bits per heavy atom. The van der Waals surface area contributed by atoms with Crippen molar-refractivity contribution in [3.63, 3.8) is 0 Å². The third-order valence-electron chi connectivity index (χ3n) is 5.45. The van der Waals surface area contributed by atoms with Crippen molar-refractivity contribution in [2.24, 2.45) is 0 Å². The van der Waals surface area contributed by atoms with E-state index in [0.29, 0.717) is 49.4 Å². The highest BCUT2D eigenvalue weighted by atomic mass is 19.3. The molecule has 2 saturated carbocycles. The average Bonchev–Trinajstić information content (AvgIpc) is 2.87. The molecule has 0 bridgehead atoms. The highest BCUT2D eigenvalue weighted by Crippen LogP contribution is 2.26. The van der Waals surface area contributed by atoms with E-state index in [2.05, 4.69) is 31.4 Å². The zero-order valence-electron chi connectivity index (χ0n) is 15.8. The number of nitrogens with zero attached hydrogens (tertiary/aromatic N) is 3. The molecular weight excluding hydrogens is 368 g/mol. The third-order valence-corrected chi connectivity index (χ3v) is 5.45. The Morgan fingerprint density at radius 2 is 1.86 bits per heavy atom. The molecule has 1 aromatic heterocycles. The standard InChI is InChI=1S/C19H27F2N5O2/c20-18(21)28-16-7-5-13(6-8-16)25-19-23-11-12(10-22)17(26-19)24-14-3-1-2-4-15(27)9-14/h11,13-16,18,27H,1-9H2,(H2,23,24,25,26)/t13-,14-,15+,16-/m1/s1. The van der Waals surface area contributed by atoms with E-state index in [1.165, 1.54) is 6.20 Å². The molecule has 3 N–H and O–H groups in total. The van der Waals surface area contributed by atoms with E-state index in [0.717, 1.165) is 25.7 Å². The number of hydrogen-bond donors (Lipinski definition) is 3. The van der Waals surface area contributed by atoms with Crippen LogP contribution in [0.25, 0.3) is 0 Å². The largest absolute Gasteiger partial charge is 0.393 e. The van der Waals surface area contributed by atoms with Crippen molar-refractivity contribution in [3.05, 3.63) is 11.8 Å². The van der Waals surface area contributed by atoms with E-state index in [1.54, 1.807) is 0 Å². The van der Waals surface area contributed by atoms with Crippen LogP contribution in [0.5, 0.6) is 0 Å². The Labute approximate surface area is 163 Å². The number of aromatic nitrogens is 2. The number of rotatable bonds is 6. The molecule has 2 atom stereocenters. The van der Waals surface area contributed by atoms with E-state index in [1.807, 2.05) is 0 Å². The first-order valence-electron chi connectivity index (χ1n) is 9.95. The van der Waals surface area contributed by atoms with Gasteiger partial charge in [-0.1, -0.05) is 12.8 Å². The van der Waals surface area contributed by atoms with Crippen LogP contribution in [0.2, 0.25) is 0 Å². The van der Waals surface area contributed by atoms with Crippen LogP contribution in [0.15, 0.2) is 6.20 Å². The monoisotopic (exact) mass is 395 g/mol. The van der Waals surface area contributed by atoms with Gasteiger partial charge in [0.2, 0.25) is 5.95 Å². The summed E-state index contributed by atoms with van der Waals surface area (Å²) in [5, 5.41) is 25.9. The molecule has 28 heavy (non-hydrogen) atoms. The van der Waals surface area contributed by atoms with Crippen molar-refractivity contribution >= 4 is 11.8 Å². The molecule has 0 radical (unpaired) electrons. The van der Waals surface area contributed by atoms with Gasteiger partial charge < -0.3 is 20.5 Å². The van der Waals surface area contributed by atoms with Crippen LogP contribution in [-0.2, 0) is 4.74 Å². The smallest absolute Gasteiger partial charge is 0.345 e. The minimum atomic E-state index is -2.73. The summed E-state index contributed by atoms with van der Waals surface area (Å²) in [7, 11) is 0. The van der Waals surface area contributed by atoms with Crippen molar-refractivity contribution in [1.29, 1.82) is 5.26 Å². The molecule has 0 aromatic carbocycles. The molecule has 9 heteroatoms. The number of nitrogens with one attached hydrogen (secondary N) is 2. The second-order valence-electron chi connectivity index (χ2n) is 7.60. The molecule has 1 heterocycles. The summed E-state index contributed by atoms with van der Waals surface area (Å²) in [6.45, 7) is -2.73. The van der Waals surface area contributed by atoms with Crippen molar-refractivity contribution in [2.75, 3.05) is 10.6 Å². The van der Waals surface area contributed by atoms with E-state index >= 15 is 0 Å². The summed E-state index contributed by atoms with van der Waals surface area (Å²) < 4.78 is 29.2. The van der Waals surface area contributed by atoms with E-state index < -0.39 is 12.7 Å². The number of nitriles is 1. The van der Waals surface area contributed by atoms with Crippen LogP contribution in [0.1, 0.15) is 63.4 Å². The number of aliphatic hydroxyl groups excluding tert-OH is 1. The molecule has 2 aliphatic rings. The molecule has 1 aromatic rings. The second-order valence-corrected chi connectivity index (χ2v) is 7.60. The van der Waals surface area contributed by atoms with Crippen LogP contribution in [0.3, 0.4) is 0 Å². The Hall–Kier alpha value is -2.05. The van der Waals surface area contributed by atoms with Crippen LogP contribution < -0.4 is 10.6 Å². The predicted octanol–water partition coefficient (Wildman–Crippen LogP) is 3.42. The average molecular weight is 395 g/mol. The third kappa shape index (κ3) is 5.97. The molecule has 2 aliphatic carbocycles. The summed E-state index contributed by atoms with van der Waals surface area (Å²) in [6.07, 6.45) is 7.62. The highest BCUT2D eigenvalue weighted by Gasteiger charge is 2.25. The first kappa shape index (κ1) is 20.7. The van der Waals surface area contributed by atoms with Gasteiger partial charge >= 0.3 is 6.61 Å². The fourth-order valence-corrected chi connectivity index (χ4v) is 3.97. The van der Waals surface area contributed by atoms with E-state index in [9.17, 15) is 19.1 Å². The van der Waals surface area contributed by atoms with Gasteiger partial charge in [-0.15, -0.1) is 0 Å². The molecule has 0 saturated heterocycles. The zero-order chi connectivity index (χ0) is 19.9. The quantitative estimate of drug-likeness (QED) is 0.634. The van der Waals surface area contributed by atoms with E-state index in [-0.39, 0.29) is 18.2 Å². The molecule has 154 valence electrons. The van der Waals surface area contributed by atoms with E-state index in [4.69, 9.17) is 0 Å². The van der Waals surface area contributed by atoms with Gasteiger partial charge in [-0.25, -0.2) is 4.98 Å². The maximum absolute atomic E-state index is 12.3. The molecule has 0 aliphatic heterocycles. The Balaban J connectivity index is 1.60. The molecule has 3 rings (SSSR count). The summed E-state index contributed by atoms with van der Waals surface area (Å²) in [6, 6.07) is 2.25. The molecule has 0 amide bonds. The number of hydrogen-bond acceptors (Lipinski definition) is 7. The lowest BCUT2D eigenvalue weighted by atomic mass is 9.93. The number of aliphatic hydroxyl groups is 1. The fraction of sp³-hybridized carbons (Fsp3) is 0.737. The molecule has 0 unspecified atom stereocenters. The fourth-order valence-electron chi connectivity index (χ4n) is 3.97. The van der Waals surface area contributed by atoms with Gasteiger partial charge in [0.25, 0.3) is 0 Å². The Morgan fingerprint density at radius 1 is 1.11 bits per heavy atom. The summed E-state index contributed by atoms with van der Waals surface area (Å²) >= 11 is 0. The van der Waals surface area contributed by atoms with Crippen LogP contribution in [0, 0.1) is 11.3 Å². The lowest BCUT2D eigenvalue weighted by Crippen LogP contribution is -2.31. The lowest BCUT2D eigenvalue weighted by Gasteiger charge is -2.29. The van der Waals surface area contributed by atoms with Crippen molar-refractivity contribution in [1.82, 2.24) is 9.97 Å². The minimum absolute atomic E-state index is 0.0642. The van der Waals surface area contributed by atoms with Gasteiger partial charge in [-0.3, -0.25) is 0 Å². The first-order chi connectivity index (χ1) is 13.5. The predicted molar refractivity (Wildman–Crippen MR) is 100 cm³/mol. The van der Waals surface area contributed by atoms with Gasteiger partial charge in [0.1, 0.15) is 17.5 Å². The van der Waals surface area contributed by atoms with Crippen molar-refractivity contribution in [2.45, 2.75) is 88.7 Å². The number of anilines is 2. The summed E-state index contributed by atoms with van der Waals surface area (Å²) in [5.41, 5.74) is 0.360. The maximum atomic E-state index is 12.3. The molecule has 2 fully saturated rings. The van der Waals surface area contributed by atoms with Gasteiger partial charge in [0.05, 0.1) is 18.4 Å². The maximum Gasteiger partial charge on any atom is 0.345 e. The number of halogens is 2. The Kier molecular flexibility index (Phi) is 7.34. The van der Waals surface area contributed by atoms with Gasteiger partial charge in [0.15, 0.2) is 0 Å². The van der Waals surface area contributed by atoms with Gasteiger partial charge in [-0.2, -0.15) is 19.0 Å². The lowest BCUT2D eigenvalue weighted by molar-refractivity contribution is -0.169. The SMILES string of the molecule is N#Cc1cnc(N[C@H]2CC[C@H](OC(F)F)CC2)nc1N[C@@H]1CCCC[C@H](O)C1. The Bertz CT molecular complexity index is 677. The van der Waals surface area contributed by atoms with Gasteiger partial charge in [-0.05, 0) is 44.9 Å². The minimum Gasteiger partial charge on any atom is -0.393 e. The molecule has 7 nitrogen and oxygen atoms in total. The normalized spacial score (nSPS) is 28.4.